The van der Waals surface area contributed by atoms with Gasteiger partial charge in [-0.05, 0) is 85.8 Å². The lowest BCUT2D eigenvalue weighted by Gasteiger charge is -2.32. The molecule has 0 unspecified atom stereocenters. The Morgan fingerprint density at radius 2 is 1.84 bits per heavy atom. The van der Waals surface area contributed by atoms with Gasteiger partial charge in [-0.25, -0.2) is 0 Å². The molecule has 8 heteroatoms. The minimum Gasteiger partial charge on any atom is -0.497 e. The molecule has 1 N–H and O–H groups in total. The molecule has 3 aromatic rings. The van der Waals surface area contributed by atoms with Gasteiger partial charge in [0.25, 0.3) is 0 Å². The number of aromatic amines is 1. The molecule has 1 saturated heterocycles. The molecule has 2 heterocycles. The number of methoxy groups -OCH3 is 1. The number of carbonyl (C=O) groups excluding carboxylic acids is 1. The van der Waals surface area contributed by atoms with Crippen LogP contribution in [0.5, 0.6) is 5.75 Å². The highest BCUT2D eigenvalue weighted by Crippen LogP contribution is 2.24. The normalized spacial score (nSPS) is 14.5. The largest absolute Gasteiger partial charge is 0.497 e. The van der Waals surface area contributed by atoms with Gasteiger partial charge in [-0.1, -0.05) is 23.7 Å². The van der Waals surface area contributed by atoms with E-state index in [0.29, 0.717) is 21.5 Å². The summed E-state index contributed by atoms with van der Waals surface area (Å²) in [6.07, 6.45) is 4.25. The van der Waals surface area contributed by atoms with Crippen molar-refractivity contribution in [1.82, 2.24) is 19.7 Å². The molecule has 0 atom stereocenters. The fraction of sp³-hybridized carbons (Fsp3) is 0.375. The van der Waals surface area contributed by atoms with Crippen molar-refractivity contribution in [2.75, 3.05) is 20.2 Å². The van der Waals surface area contributed by atoms with Crippen molar-refractivity contribution in [1.29, 1.82) is 0 Å². The third-order valence-electron chi connectivity index (χ3n) is 6.12. The SMILES string of the molecule is COc1ccc(CCC2CCN(C(=O)Cn3c(-c4ccc(Cl)cc4)n[nH]c3=S)CC2)cc1. The topological polar surface area (TPSA) is 63.1 Å². The first-order valence-corrected chi connectivity index (χ1v) is 11.6. The Kier molecular flexibility index (Phi) is 7.27. The molecule has 1 aliphatic heterocycles. The number of H-pyrrole nitrogens is 1. The van der Waals surface area contributed by atoms with Gasteiger partial charge in [0.15, 0.2) is 10.6 Å². The van der Waals surface area contributed by atoms with E-state index in [4.69, 9.17) is 28.6 Å². The molecule has 0 radical (unpaired) electrons. The minimum absolute atomic E-state index is 0.0753. The molecular weight excluding hydrogens is 444 g/mol. The maximum absolute atomic E-state index is 13.0. The zero-order valence-electron chi connectivity index (χ0n) is 18.1. The number of aryl methyl sites for hydroxylation is 1. The number of nitrogens with zero attached hydrogens (tertiary/aromatic N) is 3. The molecule has 4 rings (SSSR count). The minimum atomic E-state index is 0.0753. The van der Waals surface area contributed by atoms with E-state index in [1.165, 1.54) is 5.56 Å². The molecule has 0 saturated carbocycles. The average Bonchev–Trinajstić information content (AvgIpc) is 3.18. The molecule has 168 valence electrons. The van der Waals surface area contributed by atoms with E-state index in [1.54, 1.807) is 23.8 Å². The highest BCUT2D eigenvalue weighted by atomic mass is 35.5. The summed E-state index contributed by atoms with van der Waals surface area (Å²) in [4.78, 5) is 14.9. The average molecular weight is 471 g/mol. The molecule has 1 aromatic heterocycles. The number of benzene rings is 2. The predicted molar refractivity (Wildman–Crippen MR) is 128 cm³/mol. The quantitative estimate of drug-likeness (QED) is 0.485. The summed E-state index contributed by atoms with van der Waals surface area (Å²) >= 11 is 11.4. The first-order chi connectivity index (χ1) is 15.5. The van der Waals surface area contributed by atoms with E-state index in [1.807, 2.05) is 29.2 Å². The Balaban J connectivity index is 1.31. The van der Waals surface area contributed by atoms with Gasteiger partial charge < -0.3 is 9.64 Å². The Bertz CT molecular complexity index is 1100. The Hall–Kier alpha value is -2.64. The molecule has 2 aromatic carbocycles. The van der Waals surface area contributed by atoms with Gasteiger partial charge in [-0.2, -0.15) is 5.10 Å². The van der Waals surface area contributed by atoms with Crippen LogP contribution < -0.4 is 4.74 Å². The highest BCUT2D eigenvalue weighted by Gasteiger charge is 2.24. The van der Waals surface area contributed by atoms with Crippen LogP contribution in [-0.4, -0.2) is 45.8 Å². The molecule has 1 amide bonds. The number of amides is 1. The van der Waals surface area contributed by atoms with E-state index in [2.05, 4.69) is 22.3 Å². The Morgan fingerprint density at radius 3 is 2.50 bits per heavy atom. The summed E-state index contributed by atoms with van der Waals surface area (Å²) in [7, 11) is 1.68. The summed E-state index contributed by atoms with van der Waals surface area (Å²) in [5.74, 6) is 2.25. The fourth-order valence-electron chi connectivity index (χ4n) is 4.15. The second kappa shape index (κ2) is 10.3. The van der Waals surface area contributed by atoms with Crippen LogP contribution in [0.1, 0.15) is 24.8 Å². The van der Waals surface area contributed by atoms with E-state index in [-0.39, 0.29) is 12.5 Å². The van der Waals surface area contributed by atoms with Gasteiger partial charge in [-0.15, -0.1) is 0 Å². The van der Waals surface area contributed by atoms with Crippen molar-refractivity contribution in [2.24, 2.45) is 5.92 Å². The van der Waals surface area contributed by atoms with Gasteiger partial charge in [0, 0.05) is 23.7 Å². The number of likely N-dealkylation sites (tertiary alicyclic amines) is 1. The van der Waals surface area contributed by atoms with Crippen LogP contribution in [-0.2, 0) is 17.8 Å². The van der Waals surface area contributed by atoms with E-state index < -0.39 is 0 Å². The maximum atomic E-state index is 13.0. The number of piperidine rings is 1. The maximum Gasteiger partial charge on any atom is 0.242 e. The van der Waals surface area contributed by atoms with Gasteiger partial charge in [0.2, 0.25) is 5.91 Å². The van der Waals surface area contributed by atoms with Crippen molar-refractivity contribution in [3.05, 3.63) is 63.9 Å². The van der Waals surface area contributed by atoms with Crippen LogP contribution in [0.2, 0.25) is 5.02 Å². The Morgan fingerprint density at radius 1 is 1.16 bits per heavy atom. The molecule has 0 aliphatic carbocycles. The van der Waals surface area contributed by atoms with Crippen molar-refractivity contribution >= 4 is 29.7 Å². The summed E-state index contributed by atoms with van der Waals surface area (Å²) < 4.78 is 7.43. The van der Waals surface area contributed by atoms with Crippen LogP contribution >= 0.6 is 23.8 Å². The van der Waals surface area contributed by atoms with E-state index >= 15 is 0 Å². The molecule has 32 heavy (non-hydrogen) atoms. The highest BCUT2D eigenvalue weighted by molar-refractivity contribution is 7.71. The second-order valence-corrected chi connectivity index (χ2v) is 8.98. The van der Waals surface area contributed by atoms with Gasteiger partial charge in [0.05, 0.1) is 7.11 Å². The molecule has 0 bridgehead atoms. The lowest BCUT2D eigenvalue weighted by Crippen LogP contribution is -2.40. The van der Waals surface area contributed by atoms with Crippen molar-refractivity contribution < 1.29 is 9.53 Å². The smallest absolute Gasteiger partial charge is 0.242 e. The molecule has 1 aliphatic rings. The van der Waals surface area contributed by atoms with Crippen molar-refractivity contribution in [3.63, 3.8) is 0 Å². The van der Waals surface area contributed by atoms with Crippen LogP contribution in [0.4, 0.5) is 0 Å². The summed E-state index contributed by atoms with van der Waals surface area (Å²) in [6.45, 7) is 1.75. The summed E-state index contributed by atoms with van der Waals surface area (Å²) in [6, 6.07) is 15.6. The lowest BCUT2D eigenvalue weighted by atomic mass is 9.90. The number of hydrogen-bond donors (Lipinski definition) is 1. The number of halogens is 1. The zero-order valence-corrected chi connectivity index (χ0v) is 19.7. The first kappa shape index (κ1) is 22.6. The number of carbonyl (C=O) groups is 1. The molecule has 1 fully saturated rings. The third kappa shape index (κ3) is 5.40. The zero-order chi connectivity index (χ0) is 22.5. The lowest BCUT2D eigenvalue weighted by molar-refractivity contribution is -0.133. The van der Waals surface area contributed by atoms with E-state index in [0.717, 1.165) is 50.1 Å². The molecule has 6 nitrogen and oxygen atoms in total. The number of rotatable bonds is 7. The van der Waals surface area contributed by atoms with Gasteiger partial charge in [0.1, 0.15) is 12.3 Å². The van der Waals surface area contributed by atoms with Gasteiger partial charge >= 0.3 is 0 Å². The van der Waals surface area contributed by atoms with Crippen LogP contribution in [0.15, 0.2) is 48.5 Å². The van der Waals surface area contributed by atoms with Crippen molar-refractivity contribution in [3.8, 4) is 17.1 Å². The third-order valence-corrected chi connectivity index (χ3v) is 6.69. The summed E-state index contributed by atoms with van der Waals surface area (Å²) in [5.41, 5.74) is 2.19. The number of aromatic nitrogens is 3. The summed E-state index contributed by atoms with van der Waals surface area (Å²) in [5, 5.41) is 7.78. The van der Waals surface area contributed by atoms with Crippen LogP contribution in [0.3, 0.4) is 0 Å². The fourth-order valence-corrected chi connectivity index (χ4v) is 4.48. The number of ether oxygens (including phenoxy) is 1. The second-order valence-electron chi connectivity index (χ2n) is 8.16. The van der Waals surface area contributed by atoms with Crippen molar-refractivity contribution in [2.45, 2.75) is 32.2 Å². The van der Waals surface area contributed by atoms with Crippen LogP contribution in [0.25, 0.3) is 11.4 Å². The Labute approximate surface area is 198 Å². The van der Waals surface area contributed by atoms with E-state index in [9.17, 15) is 4.79 Å². The molecular formula is C24H27ClN4O2S. The van der Waals surface area contributed by atoms with Crippen LogP contribution in [0, 0.1) is 10.7 Å². The number of hydrogen-bond acceptors (Lipinski definition) is 4. The molecule has 0 spiro atoms. The number of nitrogens with one attached hydrogen (secondary N) is 1. The van der Waals surface area contributed by atoms with Gasteiger partial charge in [-0.3, -0.25) is 14.5 Å². The monoisotopic (exact) mass is 470 g/mol. The predicted octanol–water partition coefficient (Wildman–Crippen LogP) is 5.14. The standard InChI is InChI=1S/C24H27ClN4O2S/c1-31-21-10-4-17(5-11-21)2-3-18-12-14-28(15-13-18)22(30)16-29-23(26-27-24(29)32)19-6-8-20(25)9-7-19/h4-11,18H,2-3,12-16H2,1H3,(H,27,32). The first-order valence-electron chi connectivity index (χ1n) is 10.9.